The van der Waals surface area contributed by atoms with Gasteiger partial charge in [0.15, 0.2) is 0 Å². The van der Waals surface area contributed by atoms with E-state index in [1.54, 1.807) is 13.8 Å². The zero-order valence-corrected chi connectivity index (χ0v) is 12.3. The van der Waals surface area contributed by atoms with E-state index in [0.717, 1.165) is 0 Å². The molecule has 0 saturated heterocycles. The Morgan fingerprint density at radius 1 is 0.929 bits per heavy atom. The first-order valence-electron chi connectivity index (χ1n) is 3.40. The van der Waals surface area contributed by atoms with Gasteiger partial charge in [0.2, 0.25) is 0 Å². The summed E-state index contributed by atoms with van der Waals surface area (Å²) in [5.74, 6) is 0. The minimum Gasteiger partial charge on any atom is -0.297 e. The van der Waals surface area contributed by atoms with Crippen molar-refractivity contribution in [2.24, 2.45) is 0 Å². The van der Waals surface area contributed by atoms with Gasteiger partial charge in [-0.1, -0.05) is 0 Å². The van der Waals surface area contributed by atoms with Crippen molar-refractivity contribution in [3.63, 3.8) is 0 Å². The first kappa shape index (κ1) is 17.9. The highest BCUT2D eigenvalue weighted by molar-refractivity contribution is 8.24. The fourth-order valence-corrected chi connectivity index (χ4v) is 1.62. The molecule has 0 unspecified atom stereocenters. The number of rotatable bonds is 4. The van der Waals surface area contributed by atoms with Crippen molar-refractivity contribution in [2.45, 2.75) is 13.8 Å². The van der Waals surface area contributed by atoms with Gasteiger partial charge < -0.3 is 0 Å². The normalized spacial score (nSPS) is 11.9. The van der Waals surface area contributed by atoms with Crippen LogP contribution in [0.1, 0.15) is 13.8 Å². The average Bonchev–Trinajstić information content (AvgIpc) is 1.81. The third-order valence-corrected chi connectivity index (χ3v) is 2.29. The van der Waals surface area contributed by atoms with Gasteiger partial charge in [-0.2, -0.15) is 0 Å². The van der Waals surface area contributed by atoms with Crippen molar-refractivity contribution in [1.29, 1.82) is 0 Å². The largest absolute Gasteiger partial charge is 0.424 e. The highest BCUT2D eigenvalue weighted by atomic mass is 36.0. The molecule has 14 heavy (non-hydrogen) atoms. The predicted molar refractivity (Wildman–Crippen MR) is 61.9 cm³/mol. The van der Waals surface area contributed by atoms with Gasteiger partial charge in [-0.05, 0) is 47.6 Å². The van der Waals surface area contributed by atoms with Crippen LogP contribution in [0.4, 0.5) is 0 Å². The zero-order valence-electron chi connectivity index (χ0n) is 7.45. The third kappa shape index (κ3) is 23.4. The molecule has 0 heterocycles. The third-order valence-electron chi connectivity index (χ3n) is 0.567. The van der Waals surface area contributed by atoms with E-state index >= 15 is 0 Å². The Balaban J connectivity index is 0. The summed E-state index contributed by atoms with van der Waals surface area (Å²) in [7, 11) is 0. The van der Waals surface area contributed by atoms with Crippen molar-refractivity contribution >= 4 is 57.1 Å². The van der Waals surface area contributed by atoms with Gasteiger partial charge >= 0.3 is 12.1 Å². The van der Waals surface area contributed by atoms with E-state index in [4.69, 9.17) is 11.2 Å². The van der Waals surface area contributed by atoms with Crippen molar-refractivity contribution in [3.05, 3.63) is 0 Å². The van der Waals surface area contributed by atoms with Gasteiger partial charge in [-0.3, -0.25) is 13.6 Å². The van der Waals surface area contributed by atoms with Crippen LogP contribution >= 0.6 is 57.1 Å². The van der Waals surface area contributed by atoms with Crippen LogP contribution in [0.3, 0.4) is 0 Å². The number of hydrogen-bond acceptors (Lipinski definition) is 4. The maximum absolute atomic E-state index is 10.7. The van der Waals surface area contributed by atoms with Crippen molar-refractivity contribution in [3.8, 4) is 0 Å². The molecule has 0 aromatic carbocycles. The molecule has 0 rings (SSSR count). The molecule has 0 amide bonds. The summed E-state index contributed by atoms with van der Waals surface area (Å²) in [6.45, 7) is 0.797. The molecule has 0 N–H and O–H groups in total. The molecule has 0 bridgehead atoms. The minimum atomic E-state index is -3.22. The van der Waals surface area contributed by atoms with E-state index in [1.807, 2.05) is 0 Å². The molecule has 0 aromatic heterocycles. The lowest BCUT2D eigenvalue weighted by atomic mass is 10.9. The molecule has 0 aliphatic heterocycles. The molecule has 0 radical (unpaired) electrons. The first-order chi connectivity index (χ1) is 6.12. The Bertz CT molecular complexity index is 211. The van der Waals surface area contributed by atoms with Gasteiger partial charge in [0.05, 0.1) is 13.2 Å². The number of halogens is 4. The fourth-order valence-electron chi connectivity index (χ4n) is 0.346. The molecule has 0 aromatic rings. The van der Waals surface area contributed by atoms with Gasteiger partial charge in [0, 0.05) is 11.2 Å². The van der Waals surface area contributed by atoms with E-state index in [1.165, 1.54) is 0 Å². The topological polar surface area (TPSA) is 52.6 Å². The summed E-state index contributed by atoms with van der Waals surface area (Å²) in [6, 6.07) is 0. The molecule has 0 aliphatic carbocycles. The molecular weight excluding hydrogens is 316 g/mol. The first-order valence-corrected chi connectivity index (χ1v) is 10.3. The second-order valence-corrected chi connectivity index (χ2v) is 10.9. The summed E-state index contributed by atoms with van der Waals surface area (Å²) < 4.78 is 29.4. The monoisotopic (exact) mass is 324 g/mol. The lowest BCUT2D eigenvalue weighted by Crippen LogP contribution is -1.88. The molecule has 10 heteroatoms. The van der Waals surface area contributed by atoms with Crippen LogP contribution in [0.25, 0.3) is 0 Å². The van der Waals surface area contributed by atoms with Crippen molar-refractivity contribution in [2.75, 3.05) is 13.2 Å². The maximum atomic E-state index is 10.7. The second-order valence-electron chi connectivity index (χ2n) is 1.66. The standard InChI is InChI=1S/C4H10ClO3P.Cl3OP/c1-3-7-9(5,6)8-4-2;1-5(2,3)4/h3-4H2,1-2H3;. The van der Waals surface area contributed by atoms with Gasteiger partial charge in [-0.25, -0.2) is 4.57 Å². The maximum Gasteiger partial charge on any atom is 0.424 e. The molecule has 0 aliphatic rings. The van der Waals surface area contributed by atoms with Crippen molar-refractivity contribution < 1.29 is 18.2 Å². The minimum absolute atomic E-state index is 0.306. The van der Waals surface area contributed by atoms with Crippen LogP contribution in [0, 0.1) is 0 Å². The molecule has 4 nitrogen and oxygen atoms in total. The van der Waals surface area contributed by atoms with Crippen LogP contribution in [0.5, 0.6) is 0 Å². The summed E-state index contributed by atoms with van der Waals surface area (Å²) in [5, 5.41) is -3.22. The smallest absolute Gasteiger partial charge is 0.297 e. The van der Waals surface area contributed by atoms with E-state index < -0.39 is 12.1 Å². The number of hydrogen-bond donors (Lipinski definition) is 0. The highest BCUT2D eigenvalue weighted by Gasteiger charge is 2.17. The lowest BCUT2D eigenvalue weighted by Gasteiger charge is -2.06. The van der Waals surface area contributed by atoms with Crippen LogP contribution in [-0.2, 0) is 18.2 Å². The zero-order chi connectivity index (χ0) is 11.8. The SMILES string of the molecule is CCOP(=O)(Cl)OCC.O=P(Cl)(Cl)Cl. The molecule has 0 atom stereocenters. The molecule has 0 spiro atoms. The van der Waals surface area contributed by atoms with E-state index in [-0.39, 0.29) is 0 Å². The van der Waals surface area contributed by atoms with Crippen molar-refractivity contribution in [1.82, 2.24) is 0 Å². The van der Waals surface area contributed by atoms with Gasteiger partial charge in [0.1, 0.15) is 0 Å². The predicted octanol–water partition coefficient (Wildman–Crippen LogP) is 5.22. The van der Waals surface area contributed by atoms with E-state index in [2.05, 4.69) is 42.8 Å². The molecule has 0 saturated carbocycles. The molecular formula is C4H10Cl4O4P2. The van der Waals surface area contributed by atoms with Crippen LogP contribution < -0.4 is 0 Å². The Morgan fingerprint density at radius 2 is 1.14 bits per heavy atom. The second kappa shape index (κ2) is 8.66. The van der Waals surface area contributed by atoms with Crippen LogP contribution in [-0.4, -0.2) is 13.2 Å². The van der Waals surface area contributed by atoms with Gasteiger partial charge in [0.25, 0.3) is 0 Å². The van der Waals surface area contributed by atoms with Crippen LogP contribution in [0.2, 0.25) is 0 Å². The Kier molecular flexibility index (Phi) is 11.1. The summed E-state index contributed by atoms with van der Waals surface area (Å²) in [6.07, 6.45) is 0. The Morgan fingerprint density at radius 3 is 1.29 bits per heavy atom. The van der Waals surface area contributed by atoms with E-state index in [9.17, 15) is 9.13 Å². The summed E-state index contributed by atoms with van der Waals surface area (Å²) >= 11 is 19.1. The Hall–Kier alpha value is 1.54. The summed E-state index contributed by atoms with van der Waals surface area (Å²) in [5.41, 5.74) is 0. The lowest BCUT2D eigenvalue weighted by molar-refractivity contribution is 0.235. The highest BCUT2D eigenvalue weighted by Crippen LogP contribution is 2.61. The summed E-state index contributed by atoms with van der Waals surface area (Å²) in [4.78, 5) is 0. The Labute approximate surface area is 102 Å². The quantitative estimate of drug-likeness (QED) is 0.665. The average molecular weight is 326 g/mol. The van der Waals surface area contributed by atoms with Gasteiger partial charge in [-0.15, -0.1) is 0 Å². The molecule has 0 fully saturated rings. The fraction of sp³-hybridized carbons (Fsp3) is 1.00. The molecule has 88 valence electrons. The van der Waals surface area contributed by atoms with E-state index in [0.29, 0.717) is 13.2 Å². The van der Waals surface area contributed by atoms with Crippen LogP contribution in [0.15, 0.2) is 0 Å².